The van der Waals surface area contributed by atoms with E-state index in [4.69, 9.17) is 0 Å². The van der Waals surface area contributed by atoms with Crippen LogP contribution in [0.1, 0.15) is 12.8 Å². The minimum Gasteiger partial charge on any atom is -0.0942 e. The Morgan fingerprint density at radius 2 is 1.29 bits per heavy atom. The Morgan fingerprint density at radius 3 is 1.43 bits per heavy atom. The smallest absolute Gasteiger partial charge is 0.00372 e. The molecule has 1 saturated heterocycles. The van der Waals surface area contributed by atoms with Crippen molar-refractivity contribution in [3.63, 3.8) is 0 Å². The molecule has 0 bridgehead atoms. The summed E-state index contributed by atoms with van der Waals surface area (Å²) in [6, 6.07) is 0. The third-order valence-electron chi connectivity index (χ3n) is 0.789. The van der Waals surface area contributed by atoms with Crippen molar-refractivity contribution >= 4 is 21.6 Å². The molecule has 1 aliphatic rings. The summed E-state index contributed by atoms with van der Waals surface area (Å²) in [5.74, 6) is 2.76. The van der Waals surface area contributed by atoms with Crippen LogP contribution in [0, 0.1) is 0 Å². The van der Waals surface area contributed by atoms with E-state index in [2.05, 4.69) is 0 Å². The topological polar surface area (TPSA) is 0 Å². The van der Waals surface area contributed by atoms with E-state index in [-0.39, 0.29) is 17.1 Å². The first-order valence-electron chi connectivity index (χ1n) is 2.24. The molecule has 0 amide bonds. The van der Waals surface area contributed by atoms with Gasteiger partial charge in [0.1, 0.15) is 0 Å². The van der Waals surface area contributed by atoms with Crippen LogP contribution in [0.4, 0.5) is 0 Å². The van der Waals surface area contributed by atoms with E-state index in [0.29, 0.717) is 0 Å². The van der Waals surface area contributed by atoms with Gasteiger partial charge in [0.25, 0.3) is 0 Å². The van der Waals surface area contributed by atoms with Gasteiger partial charge >= 0.3 is 0 Å². The molecule has 0 aromatic rings. The summed E-state index contributed by atoms with van der Waals surface area (Å²) >= 11 is 0. The van der Waals surface area contributed by atoms with Gasteiger partial charge in [0.2, 0.25) is 0 Å². The fraction of sp³-hybridized carbons (Fsp3) is 1.00. The third kappa shape index (κ3) is 3.77. The summed E-state index contributed by atoms with van der Waals surface area (Å²) in [6.45, 7) is 0. The zero-order chi connectivity index (χ0) is 4.24. The molecule has 1 aliphatic heterocycles. The van der Waals surface area contributed by atoms with Crippen LogP contribution >= 0.6 is 21.6 Å². The van der Waals surface area contributed by atoms with Gasteiger partial charge in [0.05, 0.1) is 0 Å². The van der Waals surface area contributed by atoms with Gasteiger partial charge in [0.15, 0.2) is 0 Å². The Morgan fingerprint density at radius 1 is 0.857 bits per heavy atom. The molecule has 1 radical (unpaired) electrons. The molecule has 7 heavy (non-hydrogen) atoms. The van der Waals surface area contributed by atoms with Gasteiger partial charge in [-0.1, -0.05) is 21.6 Å². The van der Waals surface area contributed by atoms with E-state index in [1.54, 1.807) is 0 Å². The van der Waals surface area contributed by atoms with Gasteiger partial charge < -0.3 is 0 Å². The first-order chi connectivity index (χ1) is 3.00. The summed E-state index contributed by atoms with van der Waals surface area (Å²) in [4.78, 5) is 0. The molecule has 0 atom stereocenters. The Hall–Kier alpha value is 1.22. The monoisotopic (exact) mass is 183 g/mol. The van der Waals surface area contributed by atoms with Gasteiger partial charge in [0, 0.05) is 28.6 Å². The minimum absolute atomic E-state index is 0. The Balaban J connectivity index is 0.000000360. The molecule has 0 spiro atoms. The van der Waals surface area contributed by atoms with E-state index >= 15 is 0 Å². The molecule has 1 rings (SSSR count). The summed E-state index contributed by atoms with van der Waals surface area (Å²) in [5.41, 5.74) is 0. The van der Waals surface area contributed by atoms with Crippen molar-refractivity contribution in [3.05, 3.63) is 0 Å². The van der Waals surface area contributed by atoms with E-state index in [1.165, 1.54) is 24.3 Å². The molecule has 0 aliphatic carbocycles. The van der Waals surface area contributed by atoms with Gasteiger partial charge in [-0.3, -0.25) is 0 Å². The third-order valence-corrected chi connectivity index (χ3v) is 3.37. The molecular weight excluding hydrogens is 176 g/mol. The second-order valence-corrected chi connectivity index (χ2v) is 4.05. The molecule has 1 fully saturated rings. The molecule has 0 nitrogen and oxygen atoms in total. The van der Waals surface area contributed by atoms with E-state index in [1.807, 2.05) is 21.6 Å². The van der Waals surface area contributed by atoms with Crippen LogP contribution in [0.5, 0.6) is 0 Å². The molecular formula is C4H8CuS2. The minimum atomic E-state index is 0. The van der Waals surface area contributed by atoms with E-state index in [9.17, 15) is 0 Å². The maximum Gasteiger partial charge on any atom is 0.00372 e. The predicted molar refractivity (Wildman–Crippen MR) is 34.1 cm³/mol. The Kier molecular flexibility index (Phi) is 6.29. The molecule has 0 aromatic heterocycles. The van der Waals surface area contributed by atoms with Crippen molar-refractivity contribution in [1.29, 1.82) is 0 Å². The van der Waals surface area contributed by atoms with Crippen LogP contribution in [-0.2, 0) is 17.1 Å². The Bertz CT molecular complexity index is 25.2. The van der Waals surface area contributed by atoms with Crippen molar-refractivity contribution in [2.24, 2.45) is 0 Å². The van der Waals surface area contributed by atoms with Crippen LogP contribution in [0.3, 0.4) is 0 Å². The largest absolute Gasteiger partial charge is 0.0942 e. The molecule has 1 heterocycles. The second kappa shape index (κ2) is 5.36. The molecule has 3 heteroatoms. The normalized spacial score (nSPS) is 20.6. The number of rotatable bonds is 0. The molecule has 0 unspecified atom stereocenters. The molecule has 0 N–H and O–H groups in total. The summed E-state index contributed by atoms with van der Waals surface area (Å²) < 4.78 is 0. The molecule has 0 aromatic carbocycles. The van der Waals surface area contributed by atoms with Crippen molar-refractivity contribution < 1.29 is 17.1 Å². The van der Waals surface area contributed by atoms with Crippen molar-refractivity contribution in [2.45, 2.75) is 12.8 Å². The van der Waals surface area contributed by atoms with Crippen molar-refractivity contribution in [2.75, 3.05) is 11.5 Å². The van der Waals surface area contributed by atoms with Crippen LogP contribution in [0.2, 0.25) is 0 Å². The Labute approximate surface area is 63.1 Å². The average Bonchev–Trinajstić information content (AvgIpc) is 1.72. The zero-order valence-corrected chi connectivity index (χ0v) is 6.52. The van der Waals surface area contributed by atoms with E-state index < -0.39 is 0 Å². The maximum atomic E-state index is 2.01. The quantitative estimate of drug-likeness (QED) is 0.417. The van der Waals surface area contributed by atoms with Crippen LogP contribution in [0.15, 0.2) is 0 Å². The summed E-state index contributed by atoms with van der Waals surface area (Å²) in [5, 5.41) is 0. The van der Waals surface area contributed by atoms with Crippen molar-refractivity contribution in [3.8, 4) is 0 Å². The molecule has 47 valence electrons. The number of hydrogen-bond acceptors (Lipinski definition) is 2. The number of hydrogen-bond donors (Lipinski definition) is 0. The van der Waals surface area contributed by atoms with Crippen LogP contribution in [-0.4, -0.2) is 11.5 Å². The van der Waals surface area contributed by atoms with Gasteiger partial charge in [-0.15, -0.1) is 0 Å². The fourth-order valence-electron chi connectivity index (χ4n) is 0.440. The summed E-state index contributed by atoms with van der Waals surface area (Å²) in [7, 11) is 4.02. The van der Waals surface area contributed by atoms with Crippen molar-refractivity contribution in [1.82, 2.24) is 0 Å². The van der Waals surface area contributed by atoms with Gasteiger partial charge in [-0.05, 0) is 12.8 Å². The van der Waals surface area contributed by atoms with Gasteiger partial charge in [-0.2, -0.15) is 0 Å². The summed E-state index contributed by atoms with van der Waals surface area (Å²) in [6.07, 6.45) is 2.88. The standard InChI is InChI=1S/C4H8S2.Cu/c1-2-4-6-5-3-1;/h1-4H2;. The van der Waals surface area contributed by atoms with Crippen LogP contribution < -0.4 is 0 Å². The fourth-order valence-corrected chi connectivity index (χ4v) is 2.73. The zero-order valence-electron chi connectivity index (χ0n) is 3.95. The first kappa shape index (κ1) is 8.22. The average molecular weight is 184 g/mol. The van der Waals surface area contributed by atoms with E-state index in [0.717, 1.165) is 0 Å². The van der Waals surface area contributed by atoms with Crippen LogP contribution in [0.25, 0.3) is 0 Å². The SMILES string of the molecule is C1CCSSC1.[Cu]. The second-order valence-electron chi connectivity index (χ2n) is 1.35. The maximum absolute atomic E-state index is 2.01. The van der Waals surface area contributed by atoms with Gasteiger partial charge in [-0.25, -0.2) is 0 Å². The molecule has 0 saturated carbocycles. The first-order valence-corrected chi connectivity index (χ1v) is 4.73. The predicted octanol–water partition coefficient (Wildman–Crippen LogP) is 2.16.